The van der Waals surface area contributed by atoms with Crippen molar-refractivity contribution in [3.8, 4) is 0 Å². The molecule has 1 aromatic heterocycles. The van der Waals surface area contributed by atoms with Gasteiger partial charge in [0.1, 0.15) is 17.2 Å². The van der Waals surface area contributed by atoms with Crippen molar-refractivity contribution < 1.29 is 14.3 Å². The summed E-state index contributed by atoms with van der Waals surface area (Å²) < 4.78 is 13.5. The van der Waals surface area contributed by atoms with E-state index in [4.69, 9.17) is 5.11 Å². The molecule has 1 aromatic carbocycles. The second kappa shape index (κ2) is 6.03. The first kappa shape index (κ1) is 14.5. The predicted molar refractivity (Wildman–Crippen MR) is 75.6 cm³/mol. The molecule has 0 saturated carbocycles. The second-order valence-corrected chi connectivity index (χ2v) is 5.05. The largest absolute Gasteiger partial charge is 0.478 e. The molecule has 2 rings (SSSR count). The van der Waals surface area contributed by atoms with Gasteiger partial charge in [0.2, 0.25) is 0 Å². The van der Waals surface area contributed by atoms with Gasteiger partial charge in [-0.25, -0.2) is 14.2 Å². The number of nitrogens with zero attached hydrogens (tertiary/aromatic N) is 1. The molecule has 20 heavy (non-hydrogen) atoms. The number of aromatic nitrogens is 2. The molecule has 0 aliphatic rings. The van der Waals surface area contributed by atoms with Gasteiger partial charge in [0.25, 0.3) is 0 Å². The topological polar surface area (TPSA) is 66.0 Å². The smallest absolute Gasteiger partial charge is 0.338 e. The van der Waals surface area contributed by atoms with Gasteiger partial charge in [-0.1, -0.05) is 26.7 Å². The van der Waals surface area contributed by atoms with Crippen LogP contribution >= 0.6 is 0 Å². The van der Waals surface area contributed by atoms with Crippen molar-refractivity contribution in [2.45, 2.75) is 45.4 Å². The summed E-state index contributed by atoms with van der Waals surface area (Å²) >= 11 is 0. The highest BCUT2D eigenvalue weighted by Crippen LogP contribution is 2.27. The Morgan fingerprint density at radius 1 is 1.35 bits per heavy atom. The summed E-state index contributed by atoms with van der Waals surface area (Å²) in [6, 6.07) is 2.32. The summed E-state index contributed by atoms with van der Waals surface area (Å²) in [5, 5.41) is 9.14. The third-order valence-corrected chi connectivity index (χ3v) is 3.46. The van der Waals surface area contributed by atoms with Crippen molar-refractivity contribution in [3.05, 3.63) is 29.3 Å². The minimum Gasteiger partial charge on any atom is -0.478 e. The fourth-order valence-corrected chi connectivity index (χ4v) is 2.57. The number of nitrogens with one attached hydrogen (secondary N) is 1. The van der Waals surface area contributed by atoms with Crippen molar-refractivity contribution in [1.82, 2.24) is 9.97 Å². The van der Waals surface area contributed by atoms with E-state index in [9.17, 15) is 9.18 Å². The minimum atomic E-state index is -1.16. The summed E-state index contributed by atoms with van der Waals surface area (Å²) in [5.74, 6) is -0.693. The number of carboxylic acid groups (broad SMARTS) is 1. The molecule has 2 aromatic rings. The summed E-state index contributed by atoms with van der Waals surface area (Å²) in [6.07, 6.45) is 4.03. The highest BCUT2D eigenvalue weighted by Gasteiger charge is 2.19. The van der Waals surface area contributed by atoms with Crippen LogP contribution in [0.25, 0.3) is 11.0 Å². The zero-order valence-corrected chi connectivity index (χ0v) is 11.7. The second-order valence-electron chi connectivity index (χ2n) is 5.05. The highest BCUT2D eigenvalue weighted by molar-refractivity contribution is 6.01. The first-order valence-corrected chi connectivity index (χ1v) is 6.99. The van der Waals surface area contributed by atoms with E-state index in [0.29, 0.717) is 11.0 Å². The summed E-state index contributed by atoms with van der Waals surface area (Å²) in [7, 11) is 0. The first-order chi connectivity index (χ1) is 9.56. The Labute approximate surface area is 117 Å². The van der Waals surface area contributed by atoms with E-state index >= 15 is 0 Å². The summed E-state index contributed by atoms with van der Waals surface area (Å²) in [6.45, 7) is 4.21. The maximum atomic E-state index is 13.5. The van der Waals surface area contributed by atoms with Crippen LogP contribution in [0.3, 0.4) is 0 Å². The maximum Gasteiger partial charge on any atom is 0.338 e. The van der Waals surface area contributed by atoms with Crippen LogP contribution in [0.1, 0.15) is 61.6 Å². The van der Waals surface area contributed by atoms with Gasteiger partial charge in [-0.15, -0.1) is 0 Å². The Morgan fingerprint density at radius 3 is 2.55 bits per heavy atom. The fourth-order valence-electron chi connectivity index (χ4n) is 2.57. The number of imidazole rings is 1. The van der Waals surface area contributed by atoms with Gasteiger partial charge >= 0.3 is 5.97 Å². The van der Waals surface area contributed by atoms with Crippen LogP contribution in [0.15, 0.2) is 12.1 Å². The molecule has 5 heteroatoms. The molecule has 0 amide bonds. The summed E-state index contributed by atoms with van der Waals surface area (Å²) in [5.41, 5.74) is 0.704. The molecule has 1 heterocycles. The number of H-pyrrole nitrogens is 1. The number of aromatic amines is 1. The van der Waals surface area contributed by atoms with Gasteiger partial charge < -0.3 is 10.1 Å². The number of hydrogen-bond donors (Lipinski definition) is 2. The lowest BCUT2D eigenvalue weighted by Gasteiger charge is -2.11. The molecule has 4 nitrogen and oxygen atoms in total. The lowest BCUT2D eigenvalue weighted by Crippen LogP contribution is -2.01. The number of benzene rings is 1. The molecule has 0 aliphatic carbocycles. The van der Waals surface area contributed by atoms with E-state index in [2.05, 4.69) is 23.8 Å². The third kappa shape index (κ3) is 2.81. The van der Waals surface area contributed by atoms with Crippen LogP contribution in [0, 0.1) is 5.82 Å². The molecule has 0 saturated heterocycles. The lowest BCUT2D eigenvalue weighted by molar-refractivity contribution is 0.0698. The maximum absolute atomic E-state index is 13.5. The van der Waals surface area contributed by atoms with Crippen molar-refractivity contribution in [1.29, 1.82) is 0 Å². The average molecular weight is 278 g/mol. The molecule has 0 spiro atoms. The van der Waals surface area contributed by atoms with E-state index < -0.39 is 11.8 Å². The molecule has 0 aliphatic heterocycles. The Morgan fingerprint density at radius 2 is 2.00 bits per heavy atom. The molecule has 0 radical (unpaired) electrons. The molecule has 0 unspecified atom stereocenters. The lowest BCUT2D eigenvalue weighted by atomic mass is 9.98. The van der Waals surface area contributed by atoms with Gasteiger partial charge in [0.15, 0.2) is 0 Å². The zero-order valence-electron chi connectivity index (χ0n) is 11.7. The SMILES string of the molecule is CCCC(CCC)c1nc2c(C(=O)O)cc(F)cc2[nH]1. The van der Waals surface area contributed by atoms with Gasteiger partial charge in [-0.3, -0.25) is 0 Å². The molecule has 0 atom stereocenters. The number of hydrogen-bond acceptors (Lipinski definition) is 2. The first-order valence-electron chi connectivity index (χ1n) is 6.99. The normalized spacial score (nSPS) is 11.4. The summed E-state index contributed by atoms with van der Waals surface area (Å²) in [4.78, 5) is 18.7. The molecular formula is C15H19FN2O2. The molecule has 108 valence electrons. The van der Waals surface area contributed by atoms with Crippen LogP contribution in [-0.4, -0.2) is 21.0 Å². The van der Waals surface area contributed by atoms with E-state index in [0.717, 1.165) is 37.6 Å². The number of carbonyl (C=O) groups is 1. The van der Waals surface area contributed by atoms with Gasteiger partial charge in [-0.2, -0.15) is 0 Å². The van der Waals surface area contributed by atoms with Crippen molar-refractivity contribution in [3.63, 3.8) is 0 Å². The number of aromatic carboxylic acids is 1. The van der Waals surface area contributed by atoms with Crippen molar-refractivity contribution in [2.75, 3.05) is 0 Å². The molecule has 0 fully saturated rings. The average Bonchev–Trinajstić information content (AvgIpc) is 2.80. The monoisotopic (exact) mass is 278 g/mol. The predicted octanol–water partition coefficient (Wildman–Crippen LogP) is 4.08. The van der Waals surface area contributed by atoms with Crippen molar-refractivity contribution in [2.24, 2.45) is 0 Å². The minimum absolute atomic E-state index is 0.0887. The van der Waals surface area contributed by atoms with E-state index in [1.165, 1.54) is 6.07 Å². The number of carboxylic acids is 1. The third-order valence-electron chi connectivity index (χ3n) is 3.46. The van der Waals surface area contributed by atoms with Crippen LogP contribution in [0.5, 0.6) is 0 Å². The Hall–Kier alpha value is -1.91. The Bertz CT molecular complexity index is 616. The number of rotatable bonds is 6. The van der Waals surface area contributed by atoms with Crippen LogP contribution in [-0.2, 0) is 0 Å². The standard InChI is InChI=1S/C15H19FN2O2/c1-3-5-9(6-4-2)14-17-12-8-10(16)7-11(15(19)20)13(12)18-14/h7-9H,3-6H2,1-2H3,(H,17,18)(H,19,20). The molecular weight excluding hydrogens is 259 g/mol. The fraction of sp³-hybridized carbons (Fsp3) is 0.467. The zero-order chi connectivity index (χ0) is 14.7. The Balaban J connectivity index is 2.51. The van der Waals surface area contributed by atoms with Crippen LogP contribution < -0.4 is 0 Å². The van der Waals surface area contributed by atoms with Crippen LogP contribution in [0.2, 0.25) is 0 Å². The van der Waals surface area contributed by atoms with Crippen molar-refractivity contribution >= 4 is 17.0 Å². The van der Waals surface area contributed by atoms with Gasteiger partial charge in [0.05, 0.1) is 11.1 Å². The number of fused-ring (bicyclic) bond motifs is 1. The number of halogens is 1. The van der Waals surface area contributed by atoms with Crippen LogP contribution in [0.4, 0.5) is 4.39 Å². The van der Waals surface area contributed by atoms with E-state index in [1.807, 2.05) is 0 Å². The van der Waals surface area contributed by atoms with E-state index in [-0.39, 0.29) is 11.5 Å². The molecule has 0 bridgehead atoms. The Kier molecular flexibility index (Phi) is 4.37. The quantitative estimate of drug-likeness (QED) is 0.836. The highest BCUT2D eigenvalue weighted by atomic mass is 19.1. The van der Waals surface area contributed by atoms with Gasteiger partial charge in [-0.05, 0) is 25.0 Å². The van der Waals surface area contributed by atoms with E-state index in [1.54, 1.807) is 0 Å². The van der Waals surface area contributed by atoms with Gasteiger partial charge in [0, 0.05) is 5.92 Å². The molecule has 2 N–H and O–H groups in total.